The number of halogens is 1. The summed E-state index contributed by atoms with van der Waals surface area (Å²) < 4.78 is 5.55. The Morgan fingerprint density at radius 3 is 2.74 bits per heavy atom. The second-order valence-electron chi connectivity index (χ2n) is 5.28. The largest absolute Gasteiger partial charge is 0.480 e. The highest BCUT2D eigenvalue weighted by Gasteiger charge is 2.36. The molecule has 9 nitrogen and oxygen atoms in total. The molecule has 0 saturated carbocycles. The van der Waals surface area contributed by atoms with Gasteiger partial charge < -0.3 is 9.52 Å². The predicted octanol–water partition coefficient (Wildman–Crippen LogP) is 3.63. The summed E-state index contributed by atoms with van der Waals surface area (Å²) in [5.74, 6) is -1.61. The lowest BCUT2D eigenvalue weighted by Crippen LogP contribution is -2.33. The summed E-state index contributed by atoms with van der Waals surface area (Å²) in [6, 6.07) is 6.89. The van der Waals surface area contributed by atoms with Gasteiger partial charge >= 0.3 is 5.97 Å². The SMILES string of the molecule is O=C(O)CN1C(=O)S/C(=C/c2ccc(-c3cc([N+](=O)[O-])ccc3Cl)o2)C1=O. The summed E-state index contributed by atoms with van der Waals surface area (Å²) >= 11 is 6.65. The van der Waals surface area contributed by atoms with Crippen LogP contribution in [0, 0.1) is 10.1 Å². The summed E-state index contributed by atoms with van der Waals surface area (Å²) in [5, 5.41) is 19.2. The molecule has 1 aromatic carbocycles. The zero-order valence-electron chi connectivity index (χ0n) is 13.2. The molecule has 0 aliphatic carbocycles. The van der Waals surface area contributed by atoms with Crippen LogP contribution in [0.25, 0.3) is 17.4 Å². The number of carbonyl (C=O) groups excluding carboxylic acids is 2. The Bertz CT molecular complexity index is 1010. The van der Waals surface area contributed by atoms with Gasteiger partial charge in [-0.05, 0) is 30.0 Å². The average molecular weight is 409 g/mol. The van der Waals surface area contributed by atoms with Crippen molar-refractivity contribution in [1.82, 2.24) is 4.90 Å². The lowest BCUT2D eigenvalue weighted by atomic mass is 10.1. The van der Waals surface area contributed by atoms with Crippen molar-refractivity contribution in [2.75, 3.05) is 6.54 Å². The lowest BCUT2D eigenvalue weighted by molar-refractivity contribution is -0.384. The Balaban J connectivity index is 1.89. The molecular weight excluding hydrogens is 400 g/mol. The summed E-state index contributed by atoms with van der Waals surface area (Å²) in [6.07, 6.45) is 1.29. The molecule has 0 unspecified atom stereocenters. The fourth-order valence-electron chi connectivity index (χ4n) is 2.29. The number of hydrogen-bond donors (Lipinski definition) is 1. The Hall–Kier alpha value is -3.11. The minimum Gasteiger partial charge on any atom is -0.480 e. The van der Waals surface area contributed by atoms with Crippen LogP contribution in [0.1, 0.15) is 5.76 Å². The highest BCUT2D eigenvalue weighted by molar-refractivity contribution is 8.18. The van der Waals surface area contributed by atoms with Crippen molar-refractivity contribution >= 4 is 52.2 Å². The van der Waals surface area contributed by atoms with Crippen LogP contribution in [0.4, 0.5) is 10.5 Å². The van der Waals surface area contributed by atoms with Crippen LogP contribution in [0.15, 0.2) is 39.7 Å². The number of aliphatic carboxylic acids is 1. The monoisotopic (exact) mass is 408 g/mol. The number of furan rings is 1. The van der Waals surface area contributed by atoms with Gasteiger partial charge in [-0.15, -0.1) is 0 Å². The molecule has 3 rings (SSSR count). The number of carbonyl (C=O) groups is 3. The third-order valence-electron chi connectivity index (χ3n) is 3.49. The molecule has 0 radical (unpaired) electrons. The van der Waals surface area contributed by atoms with E-state index in [0.717, 1.165) is 0 Å². The Morgan fingerprint density at radius 2 is 2.07 bits per heavy atom. The van der Waals surface area contributed by atoms with Crippen LogP contribution < -0.4 is 0 Å². The summed E-state index contributed by atoms with van der Waals surface area (Å²) in [4.78, 5) is 45.6. The third-order valence-corrected chi connectivity index (χ3v) is 4.73. The van der Waals surface area contributed by atoms with Gasteiger partial charge in [0.1, 0.15) is 18.1 Å². The number of benzene rings is 1. The van der Waals surface area contributed by atoms with Gasteiger partial charge in [0.05, 0.1) is 14.9 Å². The number of amides is 2. The van der Waals surface area contributed by atoms with E-state index in [9.17, 15) is 24.5 Å². The van der Waals surface area contributed by atoms with Crippen molar-refractivity contribution < 1.29 is 28.8 Å². The maximum atomic E-state index is 12.1. The molecule has 138 valence electrons. The van der Waals surface area contributed by atoms with Crippen molar-refractivity contribution in [2.45, 2.75) is 0 Å². The second kappa shape index (κ2) is 7.25. The van der Waals surface area contributed by atoms with Crippen LogP contribution in [0.2, 0.25) is 5.02 Å². The zero-order valence-corrected chi connectivity index (χ0v) is 14.8. The van der Waals surface area contributed by atoms with E-state index < -0.39 is 28.6 Å². The Morgan fingerprint density at radius 1 is 1.33 bits per heavy atom. The van der Waals surface area contributed by atoms with E-state index in [-0.39, 0.29) is 27.1 Å². The number of nitro groups is 1. The number of nitro benzene ring substituents is 1. The topological polar surface area (TPSA) is 131 Å². The Kier molecular flexibility index (Phi) is 5.02. The molecule has 1 aliphatic heterocycles. The molecule has 1 saturated heterocycles. The highest BCUT2D eigenvalue weighted by Crippen LogP contribution is 2.35. The van der Waals surface area contributed by atoms with Gasteiger partial charge in [0.2, 0.25) is 0 Å². The number of hydrogen-bond acceptors (Lipinski definition) is 7. The van der Waals surface area contributed by atoms with E-state index in [2.05, 4.69) is 0 Å². The smallest absolute Gasteiger partial charge is 0.323 e. The fraction of sp³-hybridized carbons (Fsp3) is 0.0625. The minimum atomic E-state index is -1.31. The molecule has 2 heterocycles. The minimum absolute atomic E-state index is 0.00675. The summed E-state index contributed by atoms with van der Waals surface area (Å²) in [6.45, 7) is -0.727. The zero-order chi connectivity index (χ0) is 19.7. The fourth-order valence-corrected chi connectivity index (χ4v) is 3.32. The van der Waals surface area contributed by atoms with Crippen molar-refractivity contribution in [3.8, 4) is 11.3 Å². The molecule has 1 fully saturated rings. The first-order valence-electron chi connectivity index (χ1n) is 7.27. The van der Waals surface area contributed by atoms with Gasteiger partial charge in [-0.2, -0.15) is 0 Å². The van der Waals surface area contributed by atoms with E-state index in [1.54, 1.807) is 0 Å². The molecule has 1 N–H and O–H groups in total. The first kappa shape index (κ1) is 18.7. The van der Waals surface area contributed by atoms with Crippen molar-refractivity contribution in [2.24, 2.45) is 0 Å². The Labute approximate surface area is 160 Å². The van der Waals surface area contributed by atoms with Crippen molar-refractivity contribution in [3.05, 3.63) is 56.1 Å². The molecule has 27 heavy (non-hydrogen) atoms. The first-order chi connectivity index (χ1) is 12.8. The molecule has 11 heteroatoms. The van der Waals surface area contributed by atoms with E-state index in [4.69, 9.17) is 21.1 Å². The van der Waals surface area contributed by atoms with Crippen LogP contribution in [0.5, 0.6) is 0 Å². The van der Waals surface area contributed by atoms with Crippen molar-refractivity contribution in [3.63, 3.8) is 0 Å². The molecule has 2 aromatic rings. The molecule has 2 amide bonds. The van der Waals surface area contributed by atoms with Crippen molar-refractivity contribution in [1.29, 1.82) is 0 Å². The molecular formula is C16H9ClN2O7S. The number of rotatable bonds is 5. The van der Waals surface area contributed by atoms with Crippen LogP contribution in [-0.4, -0.2) is 38.6 Å². The van der Waals surface area contributed by atoms with E-state index >= 15 is 0 Å². The predicted molar refractivity (Wildman–Crippen MR) is 96.1 cm³/mol. The lowest BCUT2D eigenvalue weighted by Gasteiger charge is -2.07. The van der Waals surface area contributed by atoms with Crippen LogP contribution >= 0.6 is 23.4 Å². The first-order valence-corrected chi connectivity index (χ1v) is 8.47. The average Bonchev–Trinajstić information content (AvgIpc) is 3.15. The molecule has 1 aliphatic rings. The standard InChI is InChI=1S/C16H9ClN2O7S/c17-11-3-1-8(19(24)25)5-10(11)12-4-2-9(26-12)6-13-15(22)18(7-14(20)21)16(23)27-13/h1-6H,7H2,(H,20,21)/b13-6+. The number of thioether (sulfide) groups is 1. The maximum absolute atomic E-state index is 12.1. The highest BCUT2D eigenvalue weighted by atomic mass is 35.5. The number of non-ortho nitro benzene ring substituents is 1. The normalized spacial score (nSPS) is 15.6. The van der Waals surface area contributed by atoms with Gasteiger partial charge in [-0.3, -0.25) is 29.4 Å². The number of carboxylic acids is 1. The third kappa shape index (κ3) is 3.86. The molecule has 0 atom stereocenters. The summed E-state index contributed by atoms with van der Waals surface area (Å²) in [7, 11) is 0. The van der Waals surface area contributed by atoms with Crippen LogP contribution in [0.3, 0.4) is 0 Å². The van der Waals surface area contributed by atoms with Gasteiger partial charge in [0, 0.05) is 23.8 Å². The van der Waals surface area contributed by atoms with Crippen LogP contribution in [-0.2, 0) is 9.59 Å². The van der Waals surface area contributed by atoms with Gasteiger partial charge in [-0.1, -0.05) is 11.6 Å². The maximum Gasteiger partial charge on any atom is 0.323 e. The van der Waals surface area contributed by atoms with E-state index in [0.29, 0.717) is 22.2 Å². The number of carboxylic acid groups (broad SMARTS) is 1. The van der Waals surface area contributed by atoms with Gasteiger partial charge in [0.25, 0.3) is 16.8 Å². The van der Waals surface area contributed by atoms with E-state index in [1.807, 2.05) is 0 Å². The van der Waals surface area contributed by atoms with E-state index in [1.165, 1.54) is 36.4 Å². The van der Waals surface area contributed by atoms with Gasteiger partial charge in [-0.25, -0.2) is 0 Å². The van der Waals surface area contributed by atoms with Gasteiger partial charge in [0.15, 0.2) is 0 Å². The summed E-state index contributed by atoms with van der Waals surface area (Å²) in [5.41, 5.74) is 0.131. The number of nitrogens with zero attached hydrogens (tertiary/aromatic N) is 2. The second-order valence-corrected chi connectivity index (χ2v) is 6.69. The quantitative estimate of drug-likeness (QED) is 0.450. The molecule has 0 spiro atoms. The molecule has 0 bridgehead atoms. The molecule has 1 aromatic heterocycles. The number of imide groups is 1.